The third-order valence-corrected chi connectivity index (χ3v) is 5.55. The zero-order chi connectivity index (χ0) is 21.2. The normalized spacial score (nSPS) is 15.5. The van der Waals surface area contributed by atoms with Crippen LogP contribution in [0.15, 0.2) is 42.5 Å². The van der Waals surface area contributed by atoms with Gasteiger partial charge in [-0.05, 0) is 60.6 Å². The third kappa shape index (κ3) is 5.63. The van der Waals surface area contributed by atoms with Gasteiger partial charge in [-0.1, -0.05) is 54.1 Å². The molecule has 2 aromatic carbocycles. The van der Waals surface area contributed by atoms with Crippen molar-refractivity contribution in [1.29, 1.82) is 0 Å². The molecule has 2 aromatic rings. The van der Waals surface area contributed by atoms with Gasteiger partial charge in [0, 0.05) is 17.5 Å². The van der Waals surface area contributed by atoms with Crippen LogP contribution in [0.3, 0.4) is 0 Å². The number of amides is 1. The average molecular weight is 422 g/mol. The van der Waals surface area contributed by atoms with E-state index in [2.05, 4.69) is 5.32 Å². The summed E-state index contributed by atoms with van der Waals surface area (Å²) in [5, 5.41) is 3.25. The summed E-state index contributed by atoms with van der Waals surface area (Å²) in [5.74, 6) is -1.56. The Balaban J connectivity index is 1.75. The summed E-state index contributed by atoms with van der Waals surface area (Å²) in [7, 11) is 0. The van der Waals surface area contributed by atoms with Gasteiger partial charge in [0.2, 0.25) is 5.91 Å². The molecule has 0 heterocycles. The van der Waals surface area contributed by atoms with Crippen molar-refractivity contribution in [2.24, 2.45) is 5.92 Å². The Hall–Kier alpha value is -2.27. The number of alkyl halides is 3. The van der Waals surface area contributed by atoms with Gasteiger partial charge in [0.05, 0.1) is 5.92 Å². The highest BCUT2D eigenvalue weighted by Gasteiger charge is 2.39. The maximum Gasteiger partial charge on any atom is 0.399 e. The maximum atomic E-state index is 13.6. The lowest BCUT2D eigenvalue weighted by atomic mass is 9.94. The van der Waals surface area contributed by atoms with Crippen LogP contribution in [0.2, 0.25) is 5.02 Å². The van der Waals surface area contributed by atoms with E-state index in [4.69, 9.17) is 11.6 Å². The van der Waals surface area contributed by atoms with Crippen LogP contribution in [0.1, 0.15) is 46.6 Å². The number of hydrogen-bond donors (Lipinski definition) is 1. The van der Waals surface area contributed by atoms with Crippen LogP contribution in [-0.2, 0) is 11.3 Å². The Bertz CT molecular complexity index is 932. The average Bonchev–Trinajstić information content (AvgIpc) is 3.48. The van der Waals surface area contributed by atoms with Gasteiger partial charge in [-0.25, -0.2) is 0 Å². The Morgan fingerprint density at radius 1 is 1.17 bits per heavy atom. The van der Waals surface area contributed by atoms with E-state index in [0.29, 0.717) is 17.1 Å². The van der Waals surface area contributed by atoms with Crippen LogP contribution < -0.4 is 5.32 Å². The first-order chi connectivity index (χ1) is 13.6. The summed E-state index contributed by atoms with van der Waals surface area (Å²) in [6, 6.07) is 9.85. The van der Waals surface area contributed by atoms with Crippen molar-refractivity contribution in [3.05, 3.63) is 75.3 Å². The largest absolute Gasteiger partial charge is 0.399 e. The predicted octanol–water partition coefficient (Wildman–Crippen LogP) is 6.34. The third-order valence-electron chi connectivity index (χ3n) is 5.20. The van der Waals surface area contributed by atoms with Gasteiger partial charge in [-0.2, -0.15) is 13.2 Å². The number of aryl methyl sites for hydroxylation is 2. The highest BCUT2D eigenvalue weighted by molar-refractivity contribution is 6.31. The van der Waals surface area contributed by atoms with Gasteiger partial charge in [0.1, 0.15) is 0 Å². The molecule has 2 nitrogen and oxygen atoms in total. The number of rotatable bonds is 6. The monoisotopic (exact) mass is 421 g/mol. The second kappa shape index (κ2) is 8.62. The zero-order valence-electron chi connectivity index (χ0n) is 16.3. The topological polar surface area (TPSA) is 29.1 Å². The van der Waals surface area contributed by atoms with Crippen LogP contribution in [0.4, 0.5) is 13.2 Å². The smallest absolute Gasteiger partial charge is 0.352 e. The maximum absolute atomic E-state index is 13.6. The first-order valence-electron chi connectivity index (χ1n) is 9.53. The quantitative estimate of drug-likeness (QED) is 0.579. The molecule has 6 heteroatoms. The fourth-order valence-corrected chi connectivity index (χ4v) is 3.31. The summed E-state index contributed by atoms with van der Waals surface area (Å²) < 4.78 is 40.8. The molecule has 1 unspecified atom stereocenters. The summed E-state index contributed by atoms with van der Waals surface area (Å²) in [6.07, 6.45) is 0.0411. The van der Waals surface area contributed by atoms with Gasteiger partial charge in [0.25, 0.3) is 0 Å². The molecule has 0 aliphatic heterocycles. The second-order valence-corrected chi connectivity index (χ2v) is 7.97. The van der Waals surface area contributed by atoms with E-state index in [0.717, 1.165) is 35.6 Å². The summed E-state index contributed by atoms with van der Waals surface area (Å²) in [4.78, 5) is 11.7. The van der Waals surface area contributed by atoms with E-state index in [-0.39, 0.29) is 17.4 Å². The van der Waals surface area contributed by atoms with Crippen molar-refractivity contribution in [3.63, 3.8) is 0 Å². The number of halogens is 4. The molecule has 1 saturated carbocycles. The van der Waals surface area contributed by atoms with E-state index in [1.807, 2.05) is 6.92 Å². The first kappa shape index (κ1) is 21.4. The molecule has 1 aliphatic rings. The van der Waals surface area contributed by atoms with Gasteiger partial charge < -0.3 is 5.32 Å². The van der Waals surface area contributed by atoms with E-state index < -0.39 is 12.1 Å². The molecule has 1 amide bonds. The predicted molar refractivity (Wildman–Crippen MR) is 110 cm³/mol. The van der Waals surface area contributed by atoms with Crippen molar-refractivity contribution < 1.29 is 18.0 Å². The van der Waals surface area contributed by atoms with Gasteiger partial charge in [-0.3, -0.25) is 4.79 Å². The number of hydrogen-bond acceptors (Lipinski definition) is 1. The molecule has 3 rings (SSSR count). The van der Waals surface area contributed by atoms with Crippen LogP contribution in [0.25, 0.3) is 6.08 Å². The Morgan fingerprint density at radius 3 is 2.48 bits per heavy atom. The zero-order valence-corrected chi connectivity index (χ0v) is 17.1. The summed E-state index contributed by atoms with van der Waals surface area (Å²) in [5.41, 5.74) is 3.30. The molecule has 0 saturated heterocycles. The van der Waals surface area contributed by atoms with Gasteiger partial charge >= 0.3 is 6.18 Å². The van der Waals surface area contributed by atoms with E-state index >= 15 is 0 Å². The van der Waals surface area contributed by atoms with E-state index in [9.17, 15) is 18.0 Å². The molecule has 29 heavy (non-hydrogen) atoms. The number of carbonyl (C=O) groups is 1. The van der Waals surface area contributed by atoms with Crippen molar-refractivity contribution in [3.8, 4) is 0 Å². The molecular weight excluding hydrogens is 399 g/mol. The molecule has 0 aromatic heterocycles. The molecule has 1 aliphatic carbocycles. The summed E-state index contributed by atoms with van der Waals surface area (Å²) >= 11 is 6.26. The first-order valence-corrected chi connectivity index (χ1v) is 9.91. The van der Waals surface area contributed by atoms with Gasteiger partial charge in [-0.15, -0.1) is 0 Å². The van der Waals surface area contributed by atoms with Crippen molar-refractivity contribution in [2.75, 3.05) is 0 Å². The highest BCUT2D eigenvalue weighted by atomic mass is 35.5. The van der Waals surface area contributed by atoms with Crippen molar-refractivity contribution in [1.82, 2.24) is 5.32 Å². The fraction of sp³-hybridized carbons (Fsp3) is 0.348. The Morgan fingerprint density at radius 2 is 1.90 bits per heavy atom. The van der Waals surface area contributed by atoms with Gasteiger partial charge in [0.15, 0.2) is 0 Å². The molecular formula is C23H23ClF3NO. The molecule has 1 fully saturated rings. The lowest BCUT2D eigenvalue weighted by Crippen LogP contribution is -2.24. The minimum atomic E-state index is -4.39. The lowest BCUT2D eigenvalue weighted by Gasteiger charge is -2.18. The molecule has 0 radical (unpaired) electrons. The molecule has 1 N–H and O–H groups in total. The van der Waals surface area contributed by atoms with Crippen molar-refractivity contribution >= 4 is 23.6 Å². The summed E-state index contributed by atoms with van der Waals surface area (Å²) in [6.45, 7) is 3.98. The number of benzene rings is 2. The standard InChI is InChI=1S/C23H23ClF3NO/c1-14-3-6-18(11-15(14)2)20(23(25,26)27)10-5-16-4-7-19(21(24)12-16)13-28-22(29)17-8-9-17/h3-7,10-12,17,20H,8-9,13H2,1-2H3,(H,28,29)/b10-5+. The highest BCUT2D eigenvalue weighted by Crippen LogP contribution is 2.37. The Labute approximate surface area is 173 Å². The van der Waals surface area contributed by atoms with Crippen LogP contribution in [0.5, 0.6) is 0 Å². The lowest BCUT2D eigenvalue weighted by molar-refractivity contribution is -0.139. The van der Waals surface area contributed by atoms with Crippen LogP contribution in [0, 0.1) is 19.8 Å². The van der Waals surface area contributed by atoms with E-state index in [1.165, 1.54) is 12.1 Å². The minimum Gasteiger partial charge on any atom is -0.352 e. The second-order valence-electron chi connectivity index (χ2n) is 7.57. The van der Waals surface area contributed by atoms with E-state index in [1.54, 1.807) is 37.3 Å². The molecule has 0 spiro atoms. The fourth-order valence-electron chi connectivity index (χ4n) is 3.06. The number of nitrogens with one attached hydrogen (secondary N) is 1. The SMILES string of the molecule is Cc1ccc(C(/C=C/c2ccc(CNC(=O)C3CC3)c(Cl)c2)C(F)(F)F)cc1C. The number of allylic oxidation sites excluding steroid dienone is 1. The van der Waals surface area contributed by atoms with Crippen LogP contribution >= 0.6 is 11.6 Å². The van der Waals surface area contributed by atoms with Crippen LogP contribution in [-0.4, -0.2) is 12.1 Å². The number of carbonyl (C=O) groups excluding carboxylic acids is 1. The Kier molecular flexibility index (Phi) is 6.37. The molecule has 154 valence electrons. The molecule has 1 atom stereocenters. The van der Waals surface area contributed by atoms with Crippen molar-refractivity contribution in [2.45, 2.75) is 45.3 Å². The minimum absolute atomic E-state index is 0.0199. The molecule has 0 bridgehead atoms.